The zero-order valence-electron chi connectivity index (χ0n) is 22.1. The van der Waals surface area contributed by atoms with Crippen molar-refractivity contribution in [3.05, 3.63) is 59.6 Å². The molecule has 1 unspecified atom stereocenters. The van der Waals surface area contributed by atoms with E-state index < -0.39 is 0 Å². The third kappa shape index (κ3) is 14.0. The van der Waals surface area contributed by atoms with Crippen LogP contribution in [0.4, 0.5) is 0 Å². The maximum absolute atomic E-state index is 11.7. The lowest BCUT2D eigenvalue weighted by Crippen LogP contribution is -2.26. The van der Waals surface area contributed by atoms with Crippen molar-refractivity contribution < 1.29 is 33.6 Å². The minimum Gasteiger partial charge on any atom is -0.497 e. The molecule has 0 spiro atoms. The van der Waals surface area contributed by atoms with Crippen molar-refractivity contribution in [1.29, 1.82) is 0 Å². The molecule has 35 heavy (non-hydrogen) atoms. The predicted octanol–water partition coefficient (Wildman–Crippen LogP) is 4.96. The average Bonchev–Trinajstić information content (AvgIpc) is 3.21. The van der Waals surface area contributed by atoms with Gasteiger partial charge in [-0.25, -0.2) is 0 Å². The smallest absolute Gasteiger partial charge is 0.306 e. The molecule has 1 aromatic rings. The van der Waals surface area contributed by atoms with Gasteiger partial charge in [0, 0.05) is 11.8 Å². The summed E-state index contributed by atoms with van der Waals surface area (Å²) in [6.07, 6.45) is 7.74. The van der Waals surface area contributed by atoms with Gasteiger partial charge in [-0.15, -0.1) is 0 Å². The van der Waals surface area contributed by atoms with E-state index >= 15 is 0 Å². The van der Waals surface area contributed by atoms with Crippen LogP contribution in [0, 0.1) is 5.41 Å². The zero-order chi connectivity index (χ0) is 25.9. The molecule has 0 radical (unpaired) electrons. The van der Waals surface area contributed by atoms with Gasteiger partial charge in [0.2, 0.25) is 0 Å². The predicted molar refractivity (Wildman–Crippen MR) is 137 cm³/mol. The summed E-state index contributed by atoms with van der Waals surface area (Å²) in [7, 11) is 0. The Balaban J connectivity index is 0.000000507. The molecule has 7 nitrogen and oxygen atoms in total. The molecule has 0 fully saturated rings. The van der Waals surface area contributed by atoms with Crippen molar-refractivity contribution in [3.63, 3.8) is 0 Å². The van der Waals surface area contributed by atoms with Crippen LogP contribution >= 0.6 is 0 Å². The first kappa shape index (κ1) is 30.7. The van der Waals surface area contributed by atoms with Gasteiger partial charge in [-0.1, -0.05) is 51.1 Å². The Morgan fingerprint density at radius 2 is 1.57 bits per heavy atom. The Morgan fingerprint density at radius 3 is 2.09 bits per heavy atom. The monoisotopic (exact) mass is 492 g/mol. The summed E-state index contributed by atoms with van der Waals surface area (Å²) >= 11 is 0. The fraction of sp³-hybridized carbons (Fsp3) is 0.607. The molecule has 7 heteroatoms. The second-order valence-corrected chi connectivity index (χ2v) is 8.81. The molecule has 2 rings (SSSR count). The lowest BCUT2D eigenvalue weighted by atomic mass is 9.85. The van der Waals surface area contributed by atoms with E-state index in [1.807, 2.05) is 50.3 Å². The van der Waals surface area contributed by atoms with Crippen LogP contribution in [0.15, 0.2) is 48.4 Å². The van der Waals surface area contributed by atoms with E-state index in [9.17, 15) is 4.79 Å². The molecule has 0 aliphatic carbocycles. The van der Waals surface area contributed by atoms with Crippen molar-refractivity contribution in [2.45, 2.75) is 66.6 Å². The van der Waals surface area contributed by atoms with Crippen LogP contribution in [-0.4, -0.2) is 56.8 Å². The molecule has 1 aliphatic heterocycles. The molecule has 1 aliphatic rings. The molecule has 0 bridgehead atoms. The van der Waals surface area contributed by atoms with Crippen LogP contribution in [0.1, 0.15) is 58.6 Å². The minimum absolute atomic E-state index is 0.0278. The van der Waals surface area contributed by atoms with Crippen molar-refractivity contribution >= 4 is 5.97 Å². The number of aliphatic hydroxyl groups excluding tert-OH is 1. The summed E-state index contributed by atoms with van der Waals surface area (Å²) in [5, 5.41) is 8.70. The SMILES string of the molecule is CC=C(C)OCCOCCOCCOC(=O)CCC1OC=CC1(C)C.CCc1ccc(CO)cc1. The van der Waals surface area contributed by atoms with Crippen LogP contribution in [0.5, 0.6) is 0 Å². The number of carbonyl (C=O) groups is 1. The maximum atomic E-state index is 11.7. The molecule has 198 valence electrons. The summed E-state index contributed by atoms with van der Waals surface area (Å²) < 4.78 is 26.7. The highest BCUT2D eigenvalue weighted by Crippen LogP contribution is 2.33. The number of esters is 1. The summed E-state index contributed by atoms with van der Waals surface area (Å²) in [4.78, 5) is 11.7. The average molecular weight is 493 g/mol. The van der Waals surface area contributed by atoms with Gasteiger partial charge in [0.1, 0.15) is 19.3 Å². The molecule has 0 aromatic heterocycles. The van der Waals surface area contributed by atoms with Crippen LogP contribution < -0.4 is 0 Å². The molecule has 1 N–H and O–H groups in total. The van der Waals surface area contributed by atoms with E-state index in [4.69, 9.17) is 28.8 Å². The third-order valence-corrected chi connectivity index (χ3v) is 5.62. The van der Waals surface area contributed by atoms with Crippen molar-refractivity contribution in [2.24, 2.45) is 5.41 Å². The molecule has 0 saturated carbocycles. The Labute approximate surface area is 211 Å². The van der Waals surface area contributed by atoms with E-state index in [0.29, 0.717) is 45.9 Å². The molecular weight excluding hydrogens is 448 g/mol. The summed E-state index contributed by atoms with van der Waals surface area (Å²) in [5.41, 5.74) is 2.27. The van der Waals surface area contributed by atoms with Crippen molar-refractivity contribution in [3.8, 4) is 0 Å². The lowest BCUT2D eigenvalue weighted by molar-refractivity contribution is -0.146. The van der Waals surface area contributed by atoms with E-state index in [1.54, 1.807) is 6.26 Å². The maximum Gasteiger partial charge on any atom is 0.306 e. The van der Waals surface area contributed by atoms with Crippen molar-refractivity contribution in [1.82, 2.24) is 0 Å². The van der Waals surface area contributed by atoms with Crippen LogP contribution in [-0.2, 0) is 41.5 Å². The van der Waals surface area contributed by atoms with Crippen LogP contribution in [0.2, 0.25) is 0 Å². The van der Waals surface area contributed by atoms with Crippen molar-refractivity contribution in [2.75, 3.05) is 39.6 Å². The molecule has 0 saturated heterocycles. The van der Waals surface area contributed by atoms with Gasteiger partial charge in [-0.2, -0.15) is 0 Å². The number of aliphatic hydroxyl groups is 1. The van der Waals surface area contributed by atoms with Gasteiger partial charge in [0.15, 0.2) is 0 Å². The fourth-order valence-corrected chi connectivity index (χ4v) is 3.12. The fourth-order valence-electron chi connectivity index (χ4n) is 3.12. The molecular formula is C28H44O7. The number of hydrogen-bond donors (Lipinski definition) is 1. The number of aryl methyl sites for hydroxylation is 1. The highest BCUT2D eigenvalue weighted by Gasteiger charge is 2.32. The number of carbonyl (C=O) groups excluding carboxylic acids is 1. The Morgan fingerprint density at radius 1 is 1.00 bits per heavy atom. The van der Waals surface area contributed by atoms with Gasteiger partial charge in [-0.05, 0) is 43.9 Å². The second-order valence-electron chi connectivity index (χ2n) is 8.81. The van der Waals surface area contributed by atoms with Gasteiger partial charge >= 0.3 is 5.97 Å². The standard InChI is InChI=1S/C19H32O6.C9H12O/c1-5-16(2)23-14-12-21-10-11-22-13-15-25-18(20)7-6-17-19(3,4)8-9-24-17;1-2-8-3-5-9(7-10)6-4-8/h5,8-9,17H,6-7,10-15H2,1-4H3;3-6,10H,2,7H2,1H3. The number of benzene rings is 1. The molecule has 1 heterocycles. The number of ether oxygens (including phenoxy) is 5. The second kappa shape index (κ2) is 18.0. The van der Waals surface area contributed by atoms with E-state index in [0.717, 1.165) is 17.7 Å². The number of allylic oxidation sites excluding steroid dienone is 2. The van der Waals surface area contributed by atoms with E-state index in [2.05, 4.69) is 20.8 Å². The molecule has 0 amide bonds. The van der Waals surface area contributed by atoms with Crippen LogP contribution in [0.25, 0.3) is 0 Å². The topological polar surface area (TPSA) is 83.5 Å². The number of hydrogen-bond acceptors (Lipinski definition) is 7. The number of rotatable bonds is 15. The van der Waals surface area contributed by atoms with E-state index in [1.165, 1.54) is 5.56 Å². The summed E-state index contributed by atoms with van der Waals surface area (Å²) in [6.45, 7) is 12.9. The van der Waals surface area contributed by atoms with Crippen LogP contribution in [0.3, 0.4) is 0 Å². The highest BCUT2D eigenvalue weighted by atomic mass is 16.6. The quantitative estimate of drug-likeness (QED) is 0.210. The minimum atomic E-state index is -0.220. The lowest BCUT2D eigenvalue weighted by Gasteiger charge is -2.24. The normalized spacial score (nSPS) is 16.3. The first-order valence-corrected chi connectivity index (χ1v) is 12.4. The molecule has 1 atom stereocenters. The van der Waals surface area contributed by atoms with Gasteiger partial charge in [-0.3, -0.25) is 4.79 Å². The highest BCUT2D eigenvalue weighted by molar-refractivity contribution is 5.69. The first-order chi connectivity index (χ1) is 16.8. The van der Waals surface area contributed by atoms with Gasteiger partial charge < -0.3 is 28.8 Å². The summed E-state index contributed by atoms with van der Waals surface area (Å²) in [6, 6.07) is 8.01. The first-order valence-electron chi connectivity index (χ1n) is 12.4. The summed E-state index contributed by atoms with van der Waals surface area (Å²) in [5.74, 6) is 0.670. The largest absolute Gasteiger partial charge is 0.497 e. The third-order valence-electron chi connectivity index (χ3n) is 5.62. The van der Waals surface area contributed by atoms with E-state index in [-0.39, 0.29) is 30.7 Å². The Kier molecular flexibility index (Phi) is 15.8. The zero-order valence-corrected chi connectivity index (χ0v) is 22.1. The Bertz CT molecular complexity index is 730. The van der Waals surface area contributed by atoms with Gasteiger partial charge in [0.05, 0.1) is 45.1 Å². The Hall–Kier alpha value is -2.35. The van der Waals surface area contributed by atoms with Gasteiger partial charge in [0.25, 0.3) is 0 Å². The molecule has 1 aromatic carbocycles.